The van der Waals surface area contributed by atoms with Crippen LogP contribution in [0.25, 0.3) is 0 Å². The lowest BCUT2D eigenvalue weighted by molar-refractivity contribution is -0.142. The fraction of sp³-hybridized carbons (Fsp3) is 0.769. The number of aromatic nitrogens is 2. The zero-order valence-corrected chi connectivity index (χ0v) is 12.5. The molecule has 0 aromatic carbocycles. The van der Waals surface area contributed by atoms with Crippen molar-refractivity contribution in [3.63, 3.8) is 0 Å². The molecule has 2 heterocycles. The normalized spacial score (nSPS) is 17.3. The van der Waals surface area contributed by atoms with Crippen LogP contribution in [0, 0.1) is 0 Å². The molecule has 0 atom stereocenters. The van der Waals surface area contributed by atoms with E-state index in [0.717, 1.165) is 26.2 Å². The summed E-state index contributed by atoms with van der Waals surface area (Å²) in [6.45, 7) is 9.59. The van der Waals surface area contributed by atoms with Crippen LogP contribution in [0.3, 0.4) is 0 Å². The summed E-state index contributed by atoms with van der Waals surface area (Å²) >= 11 is 0. The summed E-state index contributed by atoms with van der Waals surface area (Å²) in [7, 11) is 1.41. The number of piperazine rings is 1. The Morgan fingerprint density at radius 2 is 1.95 bits per heavy atom. The Kier molecular flexibility index (Phi) is 4.27. The second-order valence-electron chi connectivity index (χ2n) is 5.99. The Hall–Kier alpha value is -1.63. The van der Waals surface area contributed by atoms with Crippen molar-refractivity contribution < 1.29 is 14.1 Å². The second kappa shape index (κ2) is 5.78. The molecule has 2 rings (SSSR count). The standard InChI is InChI=1S/C13H22N4O3/c1-13(2,3)11-14-12(15-20-11)17-7-5-16(6-8-17)9-10(18)19-4/h5-9H2,1-4H3. The van der Waals surface area contributed by atoms with E-state index in [9.17, 15) is 4.79 Å². The van der Waals surface area contributed by atoms with Gasteiger partial charge in [-0.2, -0.15) is 4.98 Å². The van der Waals surface area contributed by atoms with Crippen LogP contribution in [0.2, 0.25) is 0 Å². The molecule has 7 heteroatoms. The maximum atomic E-state index is 11.2. The average molecular weight is 282 g/mol. The van der Waals surface area contributed by atoms with E-state index in [2.05, 4.69) is 24.7 Å². The van der Waals surface area contributed by atoms with Crippen LogP contribution in [0.5, 0.6) is 0 Å². The van der Waals surface area contributed by atoms with Gasteiger partial charge in [-0.1, -0.05) is 20.8 Å². The number of esters is 1. The predicted molar refractivity (Wildman–Crippen MR) is 73.7 cm³/mol. The van der Waals surface area contributed by atoms with E-state index in [1.807, 2.05) is 20.8 Å². The lowest BCUT2D eigenvalue weighted by atomic mass is 9.97. The van der Waals surface area contributed by atoms with E-state index in [1.165, 1.54) is 7.11 Å². The highest BCUT2D eigenvalue weighted by Gasteiger charge is 2.26. The number of anilines is 1. The fourth-order valence-corrected chi connectivity index (χ4v) is 2.00. The van der Waals surface area contributed by atoms with Gasteiger partial charge >= 0.3 is 5.97 Å². The molecule has 1 aromatic rings. The quantitative estimate of drug-likeness (QED) is 0.754. The lowest BCUT2D eigenvalue weighted by Gasteiger charge is -2.33. The van der Waals surface area contributed by atoms with Crippen LogP contribution in [0.4, 0.5) is 5.95 Å². The number of nitrogens with zero attached hydrogens (tertiary/aromatic N) is 4. The number of rotatable bonds is 3. The third-order valence-corrected chi connectivity index (χ3v) is 3.29. The van der Waals surface area contributed by atoms with E-state index in [-0.39, 0.29) is 11.4 Å². The molecular formula is C13H22N4O3. The molecule has 0 spiro atoms. The van der Waals surface area contributed by atoms with Crippen molar-refractivity contribution in [1.29, 1.82) is 0 Å². The van der Waals surface area contributed by atoms with Crippen LogP contribution in [-0.4, -0.2) is 60.8 Å². The number of hydrogen-bond acceptors (Lipinski definition) is 7. The lowest BCUT2D eigenvalue weighted by Crippen LogP contribution is -2.48. The third kappa shape index (κ3) is 3.47. The highest BCUT2D eigenvalue weighted by Crippen LogP contribution is 2.22. The first-order valence-electron chi connectivity index (χ1n) is 6.78. The predicted octanol–water partition coefficient (Wildman–Crippen LogP) is 0.662. The molecule has 1 fully saturated rings. The van der Waals surface area contributed by atoms with Gasteiger partial charge in [-0.15, -0.1) is 0 Å². The first-order valence-corrected chi connectivity index (χ1v) is 6.78. The smallest absolute Gasteiger partial charge is 0.319 e. The largest absolute Gasteiger partial charge is 0.468 e. The van der Waals surface area contributed by atoms with Crippen LogP contribution in [-0.2, 0) is 14.9 Å². The monoisotopic (exact) mass is 282 g/mol. The van der Waals surface area contributed by atoms with E-state index in [4.69, 9.17) is 4.52 Å². The van der Waals surface area contributed by atoms with Gasteiger partial charge in [0.15, 0.2) is 0 Å². The van der Waals surface area contributed by atoms with Gasteiger partial charge in [-0.3, -0.25) is 9.69 Å². The summed E-state index contributed by atoms with van der Waals surface area (Å²) in [6.07, 6.45) is 0. The summed E-state index contributed by atoms with van der Waals surface area (Å²) in [5.41, 5.74) is -0.141. The molecular weight excluding hydrogens is 260 g/mol. The van der Waals surface area contributed by atoms with E-state index < -0.39 is 0 Å². The van der Waals surface area contributed by atoms with Crippen molar-refractivity contribution in [2.24, 2.45) is 0 Å². The SMILES string of the molecule is COC(=O)CN1CCN(c2noc(C(C)(C)C)n2)CC1. The molecule has 0 unspecified atom stereocenters. The average Bonchev–Trinajstić information content (AvgIpc) is 2.89. The first kappa shape index (κ1) is 14.8. The number of carbonyl (C=O) groups excluding carboxylic acids is 1. The van der Waals surface area contributed by atoms with Crippen molar-refractivity contribution in [3.05, 3.63) is 5.89 Å². The minimum atomic E-state index is -0.201. The van der Waals surface area contributed by atoms with Gasteiger partial charge in [0.2, 0.25) is 5.89 Å². The molecule has 112 valence electrons. The summed E-state index contributed by atoms with van der Waals surface area (Å²) in [4.78, 5) is 19.8. The minimum absolute atomic E-state index is 0.141. The molecule has 20 heavy (non-hydrogen) atoms. The molecule has 1 aliphatic rings. The number of ether oxygens (including phenoxy) is 1. The maximum absolute atomic E-state index is 11.2. The zero-order valence-electron chi connectivity index (χ0n) is 12.5. The highest BCUT2D eigenvalue weighted by atomic mass is 16.5. The molecule has 1 saturated heterocycles. The van der Waals surface area contributed by atoms with Gasteiger partial charge in [0.25, 0.3) is 5.95 Å². The van der Waals surface area contributed by atoms with E-state index in [0.29, 0.717) is 18.4 Å². The Bertz CT molecular complexity index is 458. The fourth-order valence-electron chi connectivity index (χ4n) is 2.00. The van der Waals surface area contributed by atoms with Crippen molar-refractivity contribution in [2.75, 3.05) is 44.7 Å². The first-order chi connectivity index (χ1) is 9.40. The maximum Gasteiger partial charge on any atom is 0.319 e. The van der Waals surface area contributed by atoms with Crippen molar-refractivity contribution >= 4 is 11.9 Å². The molecule has 0 saturated carbocycles. The van der Waals surface area contributed by atoms with Gasteiger partial charge < -0.3 is 14.2 Å². The number of hydrogen-bond donors (Lipinski definition) is 0. The molecule has 0 amide bonds. The van der Waals surface area contributed by atoms with Gasteiger partial charge in [-0.25, -0.2) is 0 Å². The van der Waals surface area contributed by atoms with Gasteiger partial charge in [0.1, 0.15) is 0 Å². The summed E-state index contributed by atoms with van der Waals surface area (Å²) < 4.78 is 9.97. The molecule has 0 radical (unpaired) electrons. The molecule has 1 aromatic heterocycles. The topological polar surface area (TPSA) is 71.7 Å². The zero-order chi connectivity index (χ0) is 14.8. The molecule has 7 nitrogen and oxygen atoms in total. The van der Waals surface area contributed by atoms with Crippen molar-refractivity contribution in [3.8, 4) is 0 Å². The Balaban J connectivity index is 1.91. The summed E-state index contributed by atoms with van der Waals surface area (Å²) in [5.74, 6) is 1.07. The van der Waals surface area contributed by atoms with Crippen LogP contribution >= 0.6 is 0 Å². The highest BCUT2D eigenvalue weighted by molar-refractivity contribution is 5.71. The van der Waals surface area contributed by atoms with Gasteiger partial charge in [-0.05, 0) is 5.16 Å². The molecule has 0 N–H and O–H groups in total. The molecule has 0 bridgehead atoms. The molecule has 1 aliphatic heterocycles. The Labute approximate surface area is 118 Å². The third-order valence-electron chi connectivity index (χ3n) is 3.29. The van der Waals surface area contributed by atoms with E-state index >= 15 is 0 Å². The minimum Gasteiger partial charge on any atom is -0.468 e. The van der Waals surface area contributed by atoms with Crippen molar-refractivity contribution in [1.82, 2.24) is 15.0 Å². The number of methoxy groups -OCH3 is 1. The van der Waals surface area contributed by atoms with Crippen molar-refractivity contribution in [2.45, 2.75) is 26.2 Å². The number of carbonyl (C=O) groups is 1. The van der Waals surface area contributed by atoms with Gasteiger partial charge in [0.05, 0.1) is 13.7 Å². The van der Waals surface area contributed by atoms with Crippen LogP contribution < -0.4 is 4.90 Å². The van der Waals surface area contributed by atoms with Crippen LogP contribution in [0.1, 0.15) is 26.7 Å². The Morgan fingerprint density at radius 1 is 1.30 bits per heavy atom. The molecule has 0 aliphatic carbocycles. The second-order valence-corrected chi connectivity index (χ2v) is 5.99. The Morgan fingerprint density at radius 3 is 2.45 bits per heavy atom. The van der Waals surface area contributed by atoms with Gasteiger partial charge in [0, 0.05) is 31.6 Å². The summed E-state index contributed by atoms with van der Waals surface area (Å²) in [5, 5.41) is 4.04. The van der Waals surface area contributed by atoms with E-state index in [1.54, 1.807) is 0 Å². The summed E-state index contributed by atoms with van der Waals surface area (Å²) in [6, 6.07) is 0. The van der Waals surface area contributed by atoms with Crippen LogP contribution in [0.15, 0.2) is 4.52 Å².